The number of allylic oxidation sites excluding steroid dienone is 2. The van der Waals surface area contributed by atoms with Crippen molar-refractivity contribution in [3.05, 3.63) is 12.2 Å². The minimum absolute atomic E-state index is 0.0746. The molecule has 5 amide bonds. The van der Waals surface area contributed by atoms with Gasteiger partial charge in [-0.15, -0.1) is 0 Å². The van der Waals surface area contributed by atoms with Crippen LogP contribution in [0.4, 0.5) is 0 Å². The molecule has 0 radical (unpaired) electrons. The van der Waals surface area contributed by atoms with Crippen LogP contribution in [-0.2, 0) is 33.5 Å². The minimum Gasteiger partial charge on any atom is -0.458 e. The summed E-state index contributed by atoms with van der Waals surface area (Å²) in [6, 6.07) is -6.88. The van der Waals surface area contributed by atoms with Gasteiger partial charge in [-0.3, -0.25) is 24.0 Å². The SMILES string of the molecule is CCCCCCCC/C=C\CCCC(=O)N[C@@H]1C(=O)N[C@H](CO)C(=O)N[C@@H](CO)C(=O)N[C@H](C(C)C)C(=O)NC([C@@H](C)CC)C(=O)O[C@@H]1C. The van der Waals surface area contributed by atoms with Crippen LogP contribution in [0.3, 0.4) is 0 Å². The Morgan fingerprint density at radius 2 is 1.29 bits per heavy atom. The molecular formula is C35H61N5O9. The molecule has 1 fully saturated rings. The molecule has 0 bridgehead atoms. The highest BCUT2D eigenvalue weighted by Gasteiger charge is 2.38. The molecule has 1 unspecified atom stereocenters. The zero-order valence-electron chi connectivity index (χ0n) is 30.2. The zero-order chi connectivity index (χ0) is 36.9. The van der Waals surface area contributed by atoms with Gasteiger partial charge in [0.25, 0.3) is 0 Å². The Kier molecular flexibility index (Phi) is 21.1. The molecule has 0 aromatic heterocycles. The standard InChI is InChI=1S/C35H61N5O9/c1-7-9-10-11-12-13-14-15-16-17-18-19-27(43)38-30-24(6)49-35(48)29(23(5)8-2)40-33(46)28(22(3)4)39-32(45)26(21-42)36-31(44)25(20-41)37-34(30)47/h15-16,22-26,28-30,41-42H,7-14,17-21H2,1-6H3,(H,36,44)(H,37,47)(H,38,43)(H,39,45)(H,40,46)/b16-15-/t23-,24+,25+,26-,28+,29?,30-/m0/s1. The van der Waals surface area contributed by atoms with E-state index in [2.05, 4.69) is 39.6 Å². The third-order valence-corrected chi connectivity index (χ3v) is 8.68. The summed E-state index contributed by atoms with van der Waals surface area (Å²) in [7, 11) is 0. The van der Waals surface area contributed by atoms with Gasteiger partial charge in [-0.2, -0.15) is 0 Å². The first kappa shape index (κ1) is 43.5. The van der Waals surface area contributed by atoms with Crippen LogP contribution >= 0.6 is 0 Å². The van der Waals surface area contributed by atoms with Gasteiger partial charge in [0.15, 0.2) is 0 Å². The van der Waals surface area contributed by atoms with Crippen LogP contribution in [0.5, 0.6) is 0 Å². The average molecular weight is 696 g/mol. The van der Waals surface area contributed by atoms with Crippen molar-refractivity contribution in [1.82, 2.24) is 26.6 Å². The Morgan fingerprint density at radius 1 is 0.755 bits per heavy atom. The molecule has 0 spiro atoms. The lowest BCUT2D eigenvalue weighted by Gasteiger charge is -2.31. The predicted octanol–water partition coefficient (Wildman–Crippen LogP) is 1.52. The topological polar surface area (TPSA) is 212 Å². The number of aliphatic hydroxyl groups is 2. The fourth-order valence-electron chi connectivity index (χ4n) is 5.25. The van der Waals surface area contributed by atoms with Crippen molar-refractivity contribution in [3.8, 4) is 0 Å². The van der Waals surface area contributed by atoms with E-state index in [9.17, 15) is 39.0 Å². The van der Waals surface area contributed by atoms with E-state index in [1.54, 1.807) is 20.8 Å². The molecule has 0 aromatic rings. The monoisotopic (exact) mass is 695 g/mol. The lowest BCUT2D eigenvalue weighted by Crippen LogP contribution is -2.63. The Morgan fingerprint density at radius 3 is 1.86 bits per heavy atom. The molecule has 49 heavy (non-hydrogen) atoms. The van der Waals surface area contributed by atoms with Gasteiger partial charge in [0.1, 0.15) is 36.3 Å². The Bertz CT molecular complexity index is 1100. The van der Waals surface area contributed by atoms with Gasteiger partial charge in [-0.25, -0.2) is 4.79 Å². The molecule has 14 nitrogen and oxygen atoms in total. The van der Waals surface area contributed by atoms with E-state index in [-0.39, 0.29) is 6.42 Å². The summed E-state index contributed by atoms with van der Waals surface area (Å²) in [6.07, 6.45) is 12.9. The molecule has 1 saturated heterocycles. The molecule has 1 rings (SSSR count). The highest BCUT2D eigenvalue weighted by Crippen LogP contribution is 2.15. The lowest BCUT2D eigenvalue weighted by molar-refractivity contribution is -0.157. The van der Waals surface area contributed by atoms with E-state index in [0.717, 1.165) is 12.8 Å². The smallest absolute Gasteiger partial charge is 0.329 e. The largest absolute Gasteiger partial charge is 0.458 e. The van der Waals surface area contributed by atoms with Gasteiger partial charge in [0, 0.05) is 6.42 Å². The predicted molar refractivity (Wildman–Crippen MR) is 185 cm³/mol. The van der Waals surface area contributed by atoms with Gasteiger partial charge >= 0.3 is 5.97 Å². The molecular weight excluding hydrogens is 634 g/mol. The van der Waals surface area contributed by atoms with Crippen molar-refractivity contribution in [2.24, 2.45) is 11.8 Å². The molecule has 0 saturated carbocycles. The molecule has 280 valence electrons. The van der Waals surface area contributed by atoms with E-state index >= 15 is 0 Å². The molecule has 1 aliphatic rings. The fraction of sp³-hybridized carbons (Fsp3) is 0.771. The average Bonchev–Trinajstić information content (AvgIpc) is 3.06. The first-order valence-corrected chi connectivity index (χ1v) is 17.9. The summed E-state index contributed by atoms with van der Waals surface area (Å²) >= 11 is 0. The van der Waals surface area contributed by atoms with Gasteiger partial charge in [-0.1, -0.05) is 85.3 Å². The van der Waals surface area contributed by atoms with Crippen molar-refractivity contribution in [3.63, 3.8) is 0 Å². The number of amides is 5. The van der Waals surface area contributed by atoms with E-state index in [4.69, 9.17) is 4.74 Å². The van der Waals surface area contributed by atoms with Crippen LogP contribution < -0.4 is 26.6 Å². The Labute approximate surface area is 291 Å². The van der Waals surface area contributed by atoms with Gasteiger partial charge in [0.2, 0.25) is 29.5 Å². The number of hydrogen-bond donors (Lipinski definition) is 7. The van der Waals surface area contributed by atoms with Crippen molar-refractivity contribution >= 4 is 35.5 Å². The second-order valence-electron chi connectivity index (χ2n) is 13.2. The number of rotatable bonds is 17. The Balaban J connectivity index is 3.19. The second-order valence-corrected chi connectivity index (χ2v) is 13.2. The number of aliphatic hydroxyl groups excluding tert-OH is 2. The summed E-state index contributed by atoms with van der Waals surface area (Å²) < 4.78 is 5.65. The molecule has 7 N–H and O–H groups in total. The van der Waals surface area contributed by atoms with Gasteiger partial charge < -0.3 is 41.5 Å². The number of esters is 1. The van der Waals surface area contributed by atoms with E-state index < -0.39 is 96.9 Å². The number of hydrogen-bond acceptors (Lipinski definition) is 9. The quantitative estimate of drug-likeness (QED) is 0.0667. The minimum atomic E-state index is -1.58. The molecule has 1 aliphatic heterocycles. The molecule has 14 heteroatoms. The number of ether oxygens (including phenoxy) is 1. The molecule has 7 atom stereocenters. The van der Waals surface area contributed by atoms with E-state index in [1.165, 1.54) is 39.0 Å². The number of carbonyl (C=O) groups excluding carboxylic acids is 6. The fourth-order valence-corrected chi connectivity index (χ4v) is 5.25. The number of carbonyl (C=O) groups is 6. The second kappa shape index (κ2) is 23.8. The van der Waals surface area contributed by atoms with Crippen LogP contribution in [0.25, 0.3) is 0 Å². The van der Waals surface area contributed by atoms with Crippen molar-refractivity contribution in [2.75, 3.05) is 13.2 Å². The third-order valence-electron chi connectivity index (χ3n) is 8.68. The maximum absolute atomic E-state index is 13.5. The highest BCUT2D eigenvalue weighted by atomic mass is 16.5. The normalized spacial score (nSPS) is 25.3. The van der Waals surface area contributed by atoms with Gasteiger partial charge in [-0.05, 0) is 44.4 Å². The first-order valence-electron chi connectivity index (χ1n) is 17.9. The number of unbranched alkanes of at least 4 members (excludes halogenated alkanes) is 7. The maximum Gasteiger partial charge on any atom is 0.329 e. The van der Waals surface area contributed by atoms with Crippen LogP contribution in [0, 0.1) is 11.8 Å². The van der Waals surface area contributed by atoms with Crippen LogP contribution in [0.15, 0.2) is 12.2 Å². The Hall–Kier alpha value is -3.52. The molecule has 0 aromatic carbocycles. The van der Waals surface area contributed by atoms with E-state index in [1.807, 2.05) is 13.0 Å². The van der Waals surface area contributed by atoms with Crippen LogP contribution in [-0.4, -0.2) is 95.2 Å². The van der Waals surface area contributed by atoms with Gasteiger partial charge in [0.05, 0.1) is 13.2 Å². The van der Waals surface area contributed by atoms with Crippen molar-refractivity contribution in [2.45, 2.75) is 148 Å². The third kappa shape index (κ3) is 15.7. The first-order chi connectivity index (χ1) is 23.3. The van der Waals surface area contributed by atoms with Crippen LogP contribution in [0.1, 0.15) is 112 Å². The van der Waals surface area contributed by atoms with Crippen molar-refractivity contribution in [1.29, 1.82) is 0 Å². The molecule has 1 heterocycles. The number of cyclic esters (lactones) is 1. The highest BCUT2D eigenvalue weighted by molar-refractivity contribution is 5.96. The van der Waals surface area contributed by atoms with E-state index in [0.29, 0.717) is 19.3 Å². The van der Waals surface area contributed by atoms with Crippen molar-refractivity contribution < 1.29 is 43.7 Å². The summed E-state index contributed by atoms with van der Waals surface area (Å²) in [4.78, 5) is 79.3. The summed E-state index contributed by atoms with van der Waals surface area (Å²) in [6.45, 7) is 8.75. The summed E-state index contributed by atoms with van der Waals surface area (Å²) in [5.41, 5.74) is 0. The lowest BCUT2D eigenvalue weighted by atomic mass is 9.97. The van der Waals surface area contributed by atoms with Crippen LogP contribution in [0.2, 0.25) is 0 Å². The summed E-state index contributed by atoms with van der Waals surface area (Å²) in [5, 5.41) is 32.2. The summed E-state index contributed by atoms with van der Waals surface area (Å²) in [5.74, 6) is -5.72. The zero-order valence-corrected chi connectivity index (χ0v) is 30.2. The maximum atomic E-state index is 13.5. The molecule has 0 aliphatic carbocycles. The number of nitrogens with one attached hydrogen (secondary N) is 5.